The van der Waals surface area contributed by atoms with E-state index in [0.717, 1.165) is 18.4 Å². The zero-order valence-electron chi connectivity index (χ0n) is 15.8. The summed E-state index contributed by atoms with van der Waals surface area (Å²) in [5, 5.41) is 2.46. The number of ether oxygens (including phenoxy) is 2. The number of para-hydroxylation sites is 1. The number of anilines is 1. The van der Waals surface area contributed by atoms with Gasteiger partial charge in [0.1, 0.15) is 11.6 Å². The lowest BCUT2D eigenvalue weighted by molar-refractivity contribution is -0.120. The SMILES string of the molecule is O=C(COc1ccccc1)N(CC1CCCO1)c1nc(-c2ccc(F)cc2)cs1. The second-order valence-electron chi connectivity index (χ2n) is 6.76. The molecule has 1 atom stereocenters. The van der Waals surface area contributed by atoms with Gasteiger partial charge in [-0.25, -0.2) is 9.37 Å². The summed E-state index contributed by atoms with van der Waals surface area (Å²) in [5.74, 6) is 0.172. The van der Waals surface area contributed by atoms with Gasteiger partial charge in [-0.1, -0.05) is 18.2 Å². The Kier molecular flexibility index (Phi) is 6.17. The third kappa shape index (κ3) is 4.99. The Bertz CT molecular complexity index is 940. The second kappa shape index (κ2) is 9.15. The zero-order chi connectivity index (χ0) is 20.1. The van der Waals surface area contributed by atoms with E-state index in [1.807, 2.05) is 35.7 Å². The molecule has 0 spiro atoms. The highest BCUT2D eigenvalue weighted by Gasteiger charge is 2.26. The molecular weight excluding hydrogens is 391 g/mol. The molecule has 7 heteroatoms. The lowest BCUT2D eigenvalue weighted by Crippen LogP contribution is -2.40. The first-order valence-electron chi connectivity index (χ1n) is 9.50. The predicted octanol–water partition coefficient (Wildman–Crippen LogP) is 4.54. The molecule has 29 heavy (non-hydrogen) atoms. The first-order chi connectivity index (χ1) is 14.2. The molecule has 1 amide bonds. The Balaban J connectivity index is 1.51. The van der Waals surface area contributed by atoms with Crippen molar-refractivity contribution in [3.05, 3.63) is 65.8 Å². The van der Waals surface area contributed by atoms with Gasteiger partial charge >= 0.3 is 0 Å². The van der Waals surface area contributed by atoms with Crippen LogP contribution in [0.3, 0.4) is 0 Å². The fraction of sp³-hybridized carbons (Fsp3) is 0.273. The second-order valence-corrected chi connectivity index (χ2v) is 7.60. The summed E-state index contributed by atoms with van der Waals surface area (Å²) in [7, 11) is 0. The van der Waals surface area contributed by atoms with Gasteiger partial charge in [0.05, 0.1) is 18.3 Å². The van der Waals surface area contributed by atoms with Crippen molar-refractivity contribution in [3.8, 4) is 17.0 Å². The van der Waals surface area contributed by atoms with Crippen LogP contribution < -0.4 is 9.64 Å². The number of thiazole rings is 1. The van der Waals surface area contributed by atoms with Gasteiger partial charge in [-0.15, -0.1) is 11.3 Å². The topological polar surface area (TPSA) is 51.7 Å². The Morgan fingerprint density at radius 2 is 2.00 bits per heavy atom. The Hall–Kier alpha value is -2.77. The van der Waals surface area contributed by atoms with Gasteiger partial charge in [0.15, 0.2) is 11.7 Å². The van der Waals surface area contributed by atoms with Crippen LogP contribution in [-0.4, -0.2) is 36.8 Å². The maximum atomic E-state index is 13.2. The van der Waals surface area contributed by atoms with Crippen LogP contribution in [0.25, 0.3) is 11.3 Å². The van der Waals surface area contributed by atoms with Crippen molar-refractivity contribution in [2.75, 3.05) is 24.7 Å². The highest BCUT2D eigenvalue weighted by molar-refractivity contribution is 7.14. The summed E-state index contributed by atoms with van der Waals surface area (Å²) in [4.78, 5) is 19.2. The summed E-state index contributed by atoms with van der Waals surface area (Å²) >= 11 is 1.38. The average Bonchev–Trinajstić information content (AvgIpc) is 3.44. The summed E-state index contributed by atoms with van der Waals surface area (Å²) in [6.07, 6.45) is 1.90. The fourth-order valence-electron chi connectivity index (χ4n) is 3.16. The van der Waals surface area contributed by atoms with E-state index >= 15 is 0 Å². The van der Waals surface area contributed by atoms with E-state index in [0.29, 0.717) is 29.7 Å². The summed E-state index contributed by atoms with van der Waals surface area (Å²) in [6, 6.07) is 15.4. The highest BCUT2D eigenvalue weighted by Crippen LogP contribution is 2.29. The minimum absolute atomic E-state index is 0.00570. The van der Waals surface area contributed by atoms with Crippen LogP contribution in [0, 0.1) is 5.82 Å². The molecule has 1 saturated heterocycles. The smallest absolute Gasteiger partial charge is 0.266 e. The normalized spacial score (nSPS) is 16.0. The van der Waals surface area contributed by atoms with Gasteiger partial charge in [0.2, 0.25) is 0 Å². The van der Waals surface area contributed by atoms with Gasteiger partial charge in [0, 0.05) is 17.6 Å². The van der Waals surface area contributed by atoms with Crippen molar-refractivity contribution < 1.29 is 18.7 Å². The zero-order valence-corrected chi connectivity index (χ0v) is 16.6. The van der Waals surface area contributed by atoms with Crippen molar-refractivity contribution in [1.29, 1.82) is 0 Å². The van der Waals surface area contributed by atoms with Crippen molar-refractivity contribution in [3.63, 3.8) is 0 Å². The Labute approximate surface area is 172 Å². The number of nitrogens with zero attached hydrogens (tertiary/aromatic N) is 2. The van der Waals surface area contributed by atoms with E-state index in [4.69, 9.17) is 9.47 Å². The number of rotatable bonds is 7. The molecule has 1 aliphatic heterocycles. The van der Waals surface area contributed by atoms with Crippen molar-refractivity contribution in [2.24, 2.45) is 0 Å². The fourth-order valence-corrected chi connectivity index (χ4v) is 4.02. The molecule has 150 valence electrons. The van der Waals surface area contributed by atoms with Crippen LogP contribution in [0.1, 0.15) is 12.8 Å². The number of hydrogen-bond donors (Lipinski definition) is 0. The largest absolute Gasteiger partial charge is 0.484 e. The molecule has 1 aliphatic rings. The Morgan fingerprint density at radius 1 is 1.21 bits per heavy atom. The first kappa shape index (κ1) is 19.5. The number of halogens is 1. The van der Waals surface area contributed by atoms with Crippen LogP contribution in [0.2, 0.25) is 0 Å². The average molecular weight is 412 g/mol. The molecule has 1 unspecified atom stereocenters. The standard InChI is InChI=1S/C22H21FN2O3S/c23-17-10-8-16(9-11-17)20-15-29-22(24-20)25(13-19-7-4-12-27-19)21(26)14-28-18-5-2-1-3-6-18/h1-3,5-6,8-11,15,19H,4,7,12-14H2. The number of hydrogen-bond acceptors (Lipinski definition) is 5. The van der Waals surface area contributed by atoms with E-state index < -0.39 is 0 Å². The molecule has 4 rings (SSSR count). The Morgan fingerprint density at radius 3 is 2.72 bits per heavy atom. The number of amides is 1. The molecule has 1 aromatic heterocycles. The molecule has 0 aliphatic carbocycles. The third-order valence-corrected chi connectivity index (χ3v) is 5.54. The van der Waals surface area contributed by atoms with E-state index in [1.54, 1.807) is 17.0 Å². The van der Waals surface area contributed by atoms with Gasteiger partial charge < -0.3 is 9.47 Å². The molecule has 5 nitrogen and oxygen atoms in total. The molecule has 1 fully saturated rings. The van der Waals surface area contributed by atoms with Crippen LogP contribution in [-0.2, 0) is 9.53 Å². The number of carbonyl (C=O) groups is 1. The maximum absolute atomic E-state index is 13.2. The lowest BCUT2D eigenvalue weighted by atomic mass is 10.2. The molecule has 2 heterocycles. The minimum Gasteiger partial charge on any atom is -0.484 e. The molecule has 2 aromatic carbocycles. The van der Waals surface area contributed by atoms with Crippen molar-refractivity contribution >= 4 is 22.4 Å². The molecule has 3 aromatic rings. The van der Waals surface area contributed by atoms with E-state index in [2.05, 4.69) is 4.98 Å². The first-order valence-corrected chi connectivity index (χ1v) is 10.4. The molecule has 0 N–H and O–H groups in total. The van der Waals surface area contributed by atoms with Crippen LogP contribution in [0.5, 0.6) is 5.75 Å². The van der Waals surface area contributed by atoms with E-state index in [-0.39, 0.29) is 24.4 Å². The monoisotopic (exact) mass is 412 g/mol. The van der Waals surface area contributed by atoms with Crippen LogP contribution >= 0.6 is 11.3 Å². The van der Waals surface area contributed by atoms with Gasteiger partial charge in [-0.05, 0) is 49.2 Å². The maximum Gasteiger partial charge on any atom is 0.266 e. The van der Waals surface area contributed by atoms with Crippen molar-refractivity contribution in [1.82, 2.24) is 4.98 Å². The number of benzene rings is 2. The predicted molar refractivity (Wildman–Crippen MR) is 111 cm³/mol. The minimum atomic E-state index is -0.294. The molecular formula is C22H21FN2O3S. The van der Waals surface area contributed by atoms with Gasteiger partial charge in [0.25, 0.3) is 5.91 Å². The summed E-state index contributed by atoms with van der Waals surface area (Å²) in [5.41, 5.74) is 1.51. The van der Waals surface area contributed by atoms with Crippen LogP contribution in [0.4, 0.5) is 9.52 Å². The quantitative estimate of drug-likeness (QED) is 0.572. The van der Waals surface area contributed by atoms with Gasteiger partial charge in [-0.2, -0.15) is 0 Å². The number of aromatic nitrogens is 1. The summed E-state index contributed by atoms with van der Waals surface area (Å²) in [6.45, 7) is 1.07. The van der Waals surface area contributed by atoms with E-state index in [9.17, 15) is 9.18 Å². The van der Waals surface area contributed by atoms with Crippen molar-refractivity contribution in [2.45, 2.75) is 18.9 Å². The summed E-state index contributed by atoms with van der Waals surface area (Å²) < 4.78 is 24.6. The lowest BCUT2D eigenvalue weighted by Gasteiger charge is -2.23. The van der Waals surface area contributed by atoms with E-state index in [1.165, 1.54) is 23.5 Å². The molecule has 0 radical (unpaired) electrons. The third-order valence-electron chi connectivity index (χ3n) is 4.68. The van der Waals surface area contributed by atoms with Crippen LogP contribution in [0.15, 0.2) is 60.0 Å². The van der Waals surface area contributed by atoms with Gasteiger partial charge in [-0.3, -0.25) is 9.69 Å². The number of carbonyl (C=O) groups excluding carboxylic acids is 1. The molecule has 0 saturated carbocycles. The molecule has 0 bridgehead atoms. The highest BCUT2D eigenvalue weighted by atomic mass is 32.1.